The minimum absolute atomic E-state index is 0.122. The average Bonchev–Trinajstić information content (AvgIpc) is 2.82. The lowest BCUT2D eigenvalue weighted by Crippen LogP contribution is -2.45. The fourth-order valence-electron chi connectivity index (χ4n) is 3.10. The molecule has 0 spiro atoms. The quantitative estimate of drug-likeness (QED) is 0.899. The van der Waals surface area contributed by atoms with Crippen molar-refractivity contribution in [2.24, 2.45) is 5.73 Å². The van der Waals surface area contributed by atoms with E-state index in [-0.39, 0.29) is 6.04 Å². The molecule has 108 valence electrons. The largest absolute Gasteiger partial charge is 0.461 e. The number of nitrogens with two attached hydrogens (primary N) is 1. The molecule has 1 fully saturated rings. The second kappa shape index (κ2) is 5.95. The molecule has 0 bridgehead atoms. The summed E-state index contributed by atoms with van der Waals surface area (Å²) in [6.45, 7) is 4.80. The van der Waals surface area contributed by atoms with Gasteiger partial charge in [-0.05, 0) is 25.8 Å². The first-order valence-electron chi connectivity index (χ1n) is 7.49. The van der Waals surface area contributed by atoms with E-state index in [1.54, 1.807) is 0 Å². The lowest BCUT2D eigenvalue weighted by molar-refractivity contribution is 0.130. The summed E-state index contributed by atoms with van der Waals surface area (Å²) in [5.41, 5.74) is 11.7. The zero-order valence-corrected chi connectivity index (χ0v) is 12.1. The van der Waals surface area contributed by atoms with Gasteiger partial charge in [-0.2, -0.15) is 0 Å². The Morgan fingerprint density at radius 2 is 2.00 bits per heavy atom. The Morgan fingerprint density at radius 1 is 1.25 bits per heavy atom. The summed E-state index contributed by atoms with van der Waals surface area (Å²) in [7, 11) is 0. The van der Waals surface area contributed by atoms with Gasteiger partial charge < -0.3 is 10.2 Å². The van der Waals surface area contributed by atoms with Gasteiger partial charge in [-0.3, -0.25) is 0 Å². The summed E-state index contributed by atoms with van der Waals surface area (Å²) in [4.78, 5) is 0. The van der Waals surface area contributed by atoms with Crippen molar-refractivity contribution in [2.45, 2.75) is 32.2 Å². The number of benzene rings is 1. The molecule has 2 aromatic rings. The van der Waals surface area contributed by atoms with Gasteiger partial charge in [0.15, 0.2) is 0 Å². The zero-order chi connectivity index (χ0) is 13.9. The third kappa shape index (κ3) is 2.59. The van der Waals surface area contributed by atoms with Crippen molar-refractivity contribution in [3.63, 3.8) is 0 Å². The van der Waals surface area contributed by atoms with Gasteiger partial charge in [0.1, 0.15) is 11.3 Å². The monoisotopic (exact) mass is 273 g/mol. The van der Waals surface area contributed by atoms with Crippen LogP contribution in [0.5, 0.6) is 0 Å². The second-order valence-electron chi connectivity index (χ2n) is 5.53. The van der Waals surface area contributed by atoms with E-state index in [9.17, 15) is 0 Å². The number of hydrazine groups is 1. The van der Waals surface area contributed by atoms with Crippen molar-refractivity contribution in [1.82, 2.24) is 10.4 Å². The van der Waals surface area contributed by atoms with E-state index in [1.165, 1.54) is 30.2 Å². The molecule has 0 radical (unpaired) electrons. The molecule has 0 saturated carbocycles. The van der Waals surface area contributed by atoms with Crippen LogP contribution in [0.1, 0.15) is 36.6 Å². The van der Waals surface area contributed by atoms with E-state index < -0.39 is 0 Å². The molecule has 3 N–H and O–H groups in total. The summed E-state index contributed by atoms with van der Waals surface area (Å²) >= 11 is 0. The molecule has 1 atom stereocenters. The zero-order valence-electron chi connectivity index (χ0n) is 12.1. The highest BCUT2D eigenvalue weighted by atomic mass is 16.3. The third-order valence-electron chi connectivity index (χ3n) is 4.10. The molecule has 2 heterocycles. The number of rotatable bonds is 4. The maximum Gasteiger partial charge on any atom is 0.134 e. The summed E-state index contributed by atoms with van der Waals surface area (Å²) in [5.74, 6) is 0.964. The van der Waals surface area contributed by atoms with Crippen LogP contribution in [0.15, 0.2) is 28.7 Å². The molecule has 4 heteroatoms. The smallest absolute Gasteiger partial charge is 0.134 e. The summed E-state index contributed by atoms with van der Waals surface area (Å²) in [6, 6.07) is 8.30. The standard InChI is InChI=1S/C16H23N3O/c1-12-16(13-7-3-4-8-15(13)20-12)14(11-17)18-19-9-5-2-6-10-19/h3-4,7-8,14,18H,2,5-6,9-11,17H2,1H3. The molecule has 0 amide bonds. The molecule has 0 aliphatic carbocycles. The molecular weight excluding hydrogens is 250 g/mol. The number of piperidine rings is 1. The van der Waals surface area contributed by atoms with Crippen LogP contribution in [-0.2, 0) is 0 Å². The highest BCUT2D eigenvalue weighted by Crippen LogP contribution is 2.30. The van der Waals surface area contributed by atoms with E-state index in [4.69, 9.17) is 10.2 Å². The van der Waals surface area contributed by atoms with E-state index in [2.05, 4.69) is 22.6 Å². The van der Waals surface area contributed by atoms with Crippen LogP contribution in [0.2, 0.25) is 0 Å². The number of hydrogen-bond donors (Lipinski definition) is 2. The van der Waals surface area contributed by atoms with Crippen molar-refractivity contribution in [3.8, 4) is 0 Å². The summed E-state index contributed by atoms with van der Waals surface area (Å²) in [5, 5.41) is 3.48. The number of furan rings is 1. The molecule has 1 saturated heterocycles. The lowest BCUT2D eigenvalue weighted by Gasteiger charge is -2.31. The van der Waals surface area contributed by atoms with Crippen molar-refractivity contribution in [1.29, 1.82) is 0 Å². The van der Waals surface area contributed by atoms with Gasteiger partial charge in [-0.25, -0.2) is 10.4 Å². The van der Waals surface area contributed by atoms with Gasteiger partial charge in [0, 0.05) is 30.6 Å². The molecule has 1 aliphatic heterocycles. The maximum atomic E-state index is 6.01. The number of fused-ring (bicyclic) bond motifs is 1. The van der Waals surface area contributed by atoms with Gasteiger partial charge in [0.25, 0.3) is 0 Å². The first-order chi connectivity index (χ1) is 9.79. The predicted molar refractivity (Wildman–Crippen MR) is 81.3 cm³/mol. The van der Waals surface area contributed by atoms with Crippen LogP contribution >= 0.6 is 0 Å². The Kier molecular flexibility index (Phi) is 4.05. The van der Waals surface area contributed by atoms with E-state index in [1.807, 2.05) is 19.1 Å². The molecule has 3 rings (SSSR count). The van der Waals surface area contributed by atoms with Crippen LogP contribution in [0.25, 0.3) is 11.0 Å². The molecule has 4 nitrogen and oxygen atoms in total. The van der Waals surface area contributed by atoms with Gasteiger partial charge in [0.2, 0.25) is 0 Å². The van der Waals surface area contributed by atoms with Crippen LogP contribution in [-0.4, -0.2) is 24.6 Å². The Bertz CT molecular complexity index is 572. The van der Waals surface area contributed by atoms with Gasteiger partial charge in [-0.1, -0.05) is 24.6 Å². The minimum Gasteiger partial charge on any atom is -0.461 e. The summed E-state index contributed by atoms with van der Waals surface area (Å²) in [6.07, 6.45) is 3.85. The minimum atomic E-state index is 0.122. The first-order valence-corrected chi connectivity index (χ1v) is 7.49. The Hall–Kier alpha value is -1.36. The summed E-state index contributed by atoms with van der Waals surface area (Å²) < 4.78 is 5.86. The van der Waals surface area contributed by atoms with Crippen molar-refractivity contribution in [3.05, 3.63) is 35.6 Å². The molecular formula is C16H23N3O. The fourth-order valence-corrected chi connectivity index (χ4v) is 3.10. The normalized spacial score (nSPS) is 18.5. The van der Waals surface area contributed by atoms with Crippen molar-refractivity contribution < 1.29 is 4.42 Å². The number of nitrogens with one attached hydrogen (secondary N) is 1. The SMILES string of the molecule is Cc1oc2ccccc2c1C(CN)NN1CCCCC1. The maximum absolute atomic E-state index is 6.01. The number of nitrogens with zero attached hydrogens (tertiary/aromatic N) is 1. The van der Waals surface area contributed by atoms with E-state index in [0.717, 1.165) is 24.4 Å². The third-order valence-corrected chi connectivity index (χ3v) is 4.10. The molecule has 1 aromatic heterocycles. The number of aryl methyl sites for hydroxylation is 1. The molecule has 1 aromatic carbocycles. The Balaban J connectivity index is 1.88. The first kappa shape index (κ1) is 13.6. The molecule has 20 heavy (non-hydrogen) atoms. The lowest BCUT2D eigenvalue weighted by atomic mass is 10.0. The predicted octanol–water partition coefficient (Wildman–Crippen LogP) is 2.73. The van der Waals surface area contributed by atoms with Crippen LogP contribution in [0, 0.1) is 6.92 Å². The highest BCUT2D eigenvalue weighted by molar-refractivity contribution is 5.82. The van der Waals surface area contributed by atoms with Crippen molar-refractivity contribution >= 4 is 11.0 Å². The molecule has 1 aliphatic rings. The van der Waals surface area contributed by atoms with E-state index >= 15 is 0 Å². The van der Waals surface area contributed by atoms with Gasteiger partial charge >= 0.3 is 0 Å². The average molecular weight is 273 g/mol. The van der Waals surface area contributed by atoms with Crippen LogP contribution in [0.3, 0.4) is 0 Å². The number of hydrogen-bond acceptors (Lipinski definition) is 4. The van der Waals surface area contributed by atoms with Crippen LogP contribution < -0.4 is 11.2 Å². The second-order valence-corrected chi connectivity index (χ2v) is 5.53. The van der Waals surface area contributed by atoms with Crippen LogP contribution in [0.4, 0.5) is 0 Å². The van der Waals surface area contributed by atoms with Gasteiger partial charge in [-0.15, -0.1) is 0 Å². The highest BCUT2D eigenvalue weighted by Gasteiger charge is 2.22. The van der Waals surface area contributed by atoms with Gasteiger partial charge in [0.05, 0.1) is 6.04 Å². The van der Waals surface area contributed by atoms with Crippen molar-refractivity contribution in [2.75, 3.05) is 19.6 Å². The Morgan fingerprint density at radius 3 is 2.75 bits per heavy atom. The Labute approximate surface area is 119 Å². The topological polar surface area (TPSA) is 54.4 Å². The van der Waals surface area contributed by atoms with E-state index in [0.29, 0.717) is 6.54 Å². The molecule has 1 unspecified atom stereocenters. The number of para-hydroxylation sites is 1. The fraction of sp³-hybridized carbons (Fsp3) is 0.500.